The van der Waals surface area contributed by atoms with Crippen molar-refractivity contribution in [3.05, 3.63) is 39.3 Å². The van der Waals surface area contributed by atoms with Gasteiger partial charge in [0.1, 0.15) is 5.69 Å². The van der Waals surface area contributed by atoms with E-state index in [2.05, 4.69) is 16.5 Å². The van der Waals surface area contributed by atoms with Gasteiger partial charge in [0.15, 0.2) is 0 Å². The molecule has 0 saturated carbocycles. The maximum absolute atomic E-state index is 12.8. The molecule has 2 aromatic rings. The number of halogens is 1. The Morgan fingerprint density at radius 1 is 1.60 bits per heavy atom. The van der Waals surface area contributed by atoms with E-state index in [1.807, 2.05) is 17.9 Å². The lowest BCUT2D eigenvalue weighted by molar-refractivity contribution is 0.0725. The molecular formula is C14H16ClN3OS. The first-order valence-corrected chi connectivity index (χ1v) is 8.03. The third-order valence-corrected chi connectivity index (χ3v) is 4.93. The first-order valence-electron chi connectivity index (χ1n) is 6.78. The molecule has 3 heterocycles. The van der Waals surface area contributed by atoms with Crippen molar-refractivity contribution in [2.45, 2.75) is 32.4 Å². The van der Waals surface area contributed by atoms with Crippen molar-refractivity contribution in [2.75, 3.05) is 6.54 Å². The highest BCUT2D eigenvalue weighted by Gasteiger charge is 2.33. The van der Waals surface area contributed by atoms with Crippen LogP contribution in [0, 0.1) is 0 Å². The van der Waals surface area contributed by atoms with Crippen molar-refractivity contribution in [1.29, 1.82) is 0 Å². The minimum Gasteiger partial charge on any atom is -0.329 e. The molecule has 1 atom stereocenters. The molecule has 0 unspecified atom stereocenters. The number of thiophene rings is 1. The van der Waals surface area contributed by atoms with Crippen molar-refractivity contribution in [3.8, 4) is 0 Å². The number of hydrogen-bond donors (Lipinski definition) is 0. The lowest BCUT2D eigenvalue weighted by Gasteiger charge is -2.24. The van der Waals surface area contributed by atoms with Gasteiger partial charge in [-0.3, -0.25) is 9.48 Å². The molecule has 0 aliphatic carbocycles. The number of rotatable bonds is 3. The van der Waals surface area contributed by atoms with Crippen LogP contribution >= 0.6 is 22.9 Å². The summed E-state index contributed by atoms with van der Waals surface area (Å²) in [5.41, 5.74) is 0.512. The second-order valence-corrected chi connectivity index (χ2v) is 6.22. The highest BCUT2D eigenvalue weighted by molar-refractivity contribution is 7.10. The van der Waals surface area contributed by atoms with E-state index in [1.165, 1.54) is 4.88 Å². The van der Waals surface area contributed by atoms with E-state index in [9.17, 15) is 4.79 Å². The molecule has 1 aliphatic heterocycles. The summed E-state index contributed by atoms with van der Waals surface area (Å²) < 4.78 is 1.68. The van der Waals surface area contributed by atoms with Crippen LogP contribution in [0.3, 0.4) is 0 Å². The molecule has 0 bridgehead atoms. The lowest BCUT2D eigenvalue weighted by atomic mass is 10.2. The number of likely N-dealkylation sites (tertiary alicyclic amines) is 1. The number of hydrogen-bond acceptors (Lipinski definition) is 3. The largest absolute Gasteiger partial charge is 0.329 e. The van der Waals surface area contributed by atoms with E-state index < -0.39 is 0 Å². The molecule has 0 N–H and O–H groups in total. The maximum Gasteiger partial charge on any atom is 0.274 e. The standard InChI is InChI=1S/C14H16ClN3OS/c1-2-18-13(10(15)9-16-18)14(19)17-7-3-5-11(17)12-6-4-8-20-12/h4,6,8-9,11H,2-3,5,7H2,1H3/t11-/m0/s1. The van der Waals surface area contributed by atoms with Gasteiger partial charge in [0, 0.05) is 18.0 Å². The Balaban J connectivity index is 1.91. The molecule has 2 aromatic heterocycles. The third kappa shape index (κ3) is 2.25. The molecule has 6 heteroatoms. The number of aryl methyl sites for hydroxylation is 1. The minimum atomic E-state index is -0.00903. The fraction of sp³-hybridized carbons (Fsp3) is 0.429. The second kappa shape index (κ2) is 5.58. The zero-order valence-corrected chi connectivity index (χ0v) is 12.8. The van der Waals surface area contributed by atoms with Gasteiger partial charge in [-0.1, -0.05) is 17.7 Å². The summed E-state index contributed by atoms with van der Waals surface area (Å²) in [6, 6.07) is 4.31. The molecule has 4 nitrogen and oxygen atoms in total. The highest BCUT2D eigenvalue weighted by atomic mass is 35.5. The van der Waals surface area contributed by atoms with E-state index in [0.29, 0.717) is 17.3 Å². The Morgan fingerprint density at radius 2 is 2.45 bits per heavy atom. The summed E-state index contributed by atoms with van der Waals surface area (Å²) >= 11 is 7.84. The molecule has 0 spiro atoms. The Hall–Kier alpha value is -1.33. The third-order valence-electron chi connectivity index (χ3n) is 3.68. The van der Waals surface area contributed by atoms with Crippen molar-refractivity contribution in [2.24, 2.45) is 0 Å². The molecule has 1 saturated heterocycles. The van der Waals surface area contributed by atoms with Gasteiger partial charge < -0.3 is 4.90 Å². The first-order chi connectivity index (χ1) is 9.72. The van der Waals surface area contributed by atoms with Gasteiger partial charge in [-0.2, -0.15) is 5.10 Å². The van der Waals surface area contributed by atoms with Crippen molar-refractivity contribution in [1.82, 2.24) is 14.7 Å². The number of carbonyl (C=O) groups is 1. The summed E-state index contributed by atoms with van der Waals surface area (Å²) in [6.45, 7) is 3.39. The van der Waals surface area contributed by atoms with Gasteiger partial charge in [-0.15, -0.1) is 11.3 Å². The zero-order chi connectivity index (χ0) is 14.1. The Morgan fingerprint density at radius 3 is 3.15 bits per heavy atom. The summed E-state index contributed by atoms with van der Waals surface area (Å²) in [5.74, 6) is -0.00903. The Kier molecular flexibility index (Phi) is 3.81. The summed E-state index contributed by atoms with van der Waals surface area (Å²) in [4.78, 5) is 16.0. The molecular weight excluding hydrogens is 294 g/mol. The molecule has 106 valence electrons. The van der Waals surface area contributed by atoms with Gasteiger partial charge in [-0.25, -0.2) is 0 Å². The molecule has 1 fully saturated rings. The van der Waals surface area contributed by atoms with Crippen LogP contribution in [0.2, 0.25) is 5.02 Å². The van der Waals surface area contributed by atoms with Crippen LogP contribution in [0.4, 0.5) is 0 Å². The normalized spacial score (nSPS) is 18.7. The van der Waals surface area contributed by atoms with Crippen LogP contribution in [0.5, 0.6) is 0 Å². The molecule has 0 aromatic carbocycles. The maximum atomic E-state index is 12.8. The summed E-state index contributed by atoms with van der Waals surface area (Å²) in [5, 5.41) is 6.65. The van der Waals surface area contributed by atoms with Crippen molar-refractivity contribution >= 4 is 28.8 Å². The van der Waals surface area contributed by atoms with Crippen molar-refractivity contribution in [3.63, 3.8) is 0 Å². The van der Waals surface area contributed by atoms with Crippen molar-refractivity contribution < 1.29 is 4.79 Å². The van der Waals surface area contributed by atoms with Gasteiger partial charge in [0.25, 0.3) is 5.91 Å². The van der Waals surface area contributed by atoms with E-state index in [0.717, 1.165) is 19.4 Å². The first kappa shape index (κ1) is 13.6. The van der Waals surface area contributed by atoms with Crippen LogP contribution in [0.25, 0.3) is 0 Å². The average molecular weight is 310 g/mol. The van der Waals surface area contributed by atoms with Crippen LogP contribution in [0.1, 0.15) is 41.2 Å². The highest BCUT2D eigenvalue weighted by Crippen LogP contribution is 2.36. The predicted molar refractivity (Wildman–Crippen MR) is 80.2 cm³/mol. The summed E-state index contributed by atoms with van der Waals surface area (Å²) in [7, 11) is 0. The molecule has 3 rings (SSSR count). The fourth-order valence-corrected chi connectivity index (χ4v) is 3.83. The number of aromatic nitrogens is 2. The fourth-order valence-electron chi connectivity index (χ4n) is 2.74. The lowest BCUT2D eigenvalue weighted by Crippen LogP contribution is -2.32. The zero-order valence-electron chi connectivity index (χ0n) is 11.3. The Bertz CT molecular complexity index is 608. The van der Waals surface area contributed by atoms with Crippen LogP contribution in [-0.4, -0.2) is 27.1 Å². The number of amides is 1. The molecule has 1 aliphatic rings. The molecule has 20 heavy (non-hydrogen) atoms. The average Bonchev–Trinajstić information content (AvgIpc) is 3.17. The van der Waals surface area contributed by atoms with Gasteiger partial charge in [-0.05, 0) is 31.2 Å². The van der Waals surface area contributed by atoms with Crippen LogP contribution < -0.4 is 0 Å². The van der Waals surface area contributed by atoms with Gasteiger partial charge in [0.05, 0.1) is 17.3 Å². The summed E-state index contributed by atoms with van der Waals surface area (Å²) in [6.07, 6.45) is 3.60. The van der Waals surface area contributed by atoms with Crippen LogP contribution in [-0.2, 0) is 6.54 Å². The van der Waals surface area contributed by atoms with E-state index in [4.69, 9.17) is 11.6 Å². The SMILES string of the molecule is CCn1ncc(Cl)c1C(=O)N1CCC[C@H]1c1cccs1. The minimum absolute atomic E-state index is 0.00903. The van der Waals surface area contributed by atoms with Crippen LogP contribution in [0.15, 0.2) is 23.7 Å². The number of nitrogens with zero attached hydrogens (tertiary/aromatic N) is 3. The second-order valence-electron chi connectivity index (χ2n) is 4.83. The topological polar surface area (TPSA) is 38.1 Å². The quantitative estimate of drug-likeness (QED) is 0.869. The number of carbonyl (C=O) groups excluding carboxylic acids is 1. The van der Waals surface area contributed by atoms with Gasteiger partial charge >= 0.3 is 0 Å². The monoisotopic (exact) mass is 309 g/mol. The smallest absolute Gasteiger partial charge is 0.274 e. The molecule has 0 radical (unpaired) electrons. The Labute approximate surface area is 127 Å². The van der Waals surface area contributed by atoms with E-state index >= 15 is 0 Å². The predicted octanol–water partition coefficient (Wildman–Crippen LogP) is 3.60. The molecule has 1 amide bonds. The van der Waals surface area contributed by atoms with E-state index in [-0.39, 0.29) is 11.9 Å². The van der Waals surface area contributed by atoms with Gasteiger partial charge in [0.2, 0.25) is 0 Å². The van der Waals surface area contributed by atoms with E-state index in [1.54, 1.807) is 22.2 Å².